The molecule has 2 bridgehead atoms. The number of likely N-dealkylation sites (tertiary alicyclic amines) is 1. The number of morpholine rings is 1. The van der Waals surface area contributed by atoms with Crippen molar-refractivity contribution in [3.8, 4) is 6.07 Å². The van der Waals surface area contributed by atoms with Gasteiger partial charge in [0, 0.05) is 37.4 Å². The van der Waals surface area contributed by atoms with Gasteiger partial charge in [0.15, 0.2) is 0 Å². The van der Waals surface area contributed by atoms with Gasteiger partial charge in [-0.1, -0.05) is 36.4 Å². The minimum absolute atomic E-state index is 0.195. The van der Waals surface area contributed by atoms with Gasteiger partial charge in [0.1, 0.15) is 6.04 Å². The molecule has 204 valence electrons. The fourth-order valence-corrected chi connectivity index (χ4v) is 5.07. The highest BCUT2D eigenvalue weighted by molar-refractivity contribution is 6.03. The van der Waals surface area contributed by atoms with Crippen LogP contribution in [0.25, 0.3) is 6.08 Å². The Morgan fingerprint density at radius 2 is 1.85 bits per heavy atom. The monoisotopic (exact) mass is 536 g/mol. The van der Waals surface area contributed by atoms with E-state index in [1.165, 1.54) is 6.08 Å². The third kappa shape index (κ3) is 6.74. The summed E-state index contributed by atoms with van der Waals surface area (Å²) >= 11 is 0. The molecule has 0 aliphatic carbocycles. The van der Waals surface area contributed by atoms with E-state index in [4.69, 9.17) is 15.7 Å². The second kappa shape index (κ2) is 12.6. The lowest BCUT2D eigenvalue weighted by Crippen LogP contribution is -2.43. The number of fused-ring (bicyclic) bond motifs is 2. The van der Waals surface area contributed by atoms with Gasteiger partial charge in [0.05, 0.1) is 35.7 Å². The summed E-state index contributed by atoms with van der Waals surface area (Å²) in [7, 11) is 0. The molecule has 2 aliphatic rings. The number of nitrogens with zero attached hydrogens (tertiary/aromatic N) is 2. The van der Waals surface area contributed by atoms with E-state index in [2.05, 4.69) is 26.9 Å². The maximum Gasteiger partial charge on any atom is 0.248 e. The second-order valence-corrected chi connectivity index (χ2v) is 9.98. The number of carbonyl (C=O) groups excluding carboxylic acids is 2. The van der Waals surface area contributed by atoms with Crippen LogP contribution in [0.4, 0.5) is 17.1 Å². The lowest BCUT2D eigenvalue weighted by atomic mass is 10.0. The third-order valence-corrected chi connectivity index (χ3v) is 7.22. The van der Waals surface area contributed by atoms with Crippen LogP contribution < -0.4 is 21.7 Å². The van der Waals surface area contributed by atoms with Crippen LogP contribution in [0.15, 0.2) is 78.9 Å². The van der Waals surface area contributed by atoms with E-state index in [0.29, 0.717) is 41.3 Å². The lowest BCUT2D eigenvalue weighted by Gasteiger charge is -2.27. The highest BCUT2D eigenvalue weighted by Gasteiger charge is 2.38. The number of amides is 2. The highest BCUT2D eigenvalue weighted by Crippen LogP contribution is 2.27. The molecule has 2 heterocycles. The number of para-hydroxylation sites is 2. The van der Waals surface area contributed by atoms with Crippen LogP contribution in [0.3, 0.4) is 0 Å². The van der Waals surface area contributed by atoms with Crippen molar-refractivity contribution in [3.63, 3.8) is 0 Å². The van der Waals surface area contributed by atoms with E-state index < -0.39 is 6.04 Å². The molecule has 0 saturated carbocycles. The van der Waals surface area contributed by atoms with Crippen molar-refractivity contribution >= 4 is 35.0 Å². The second-order valence-electron chi connectivity index (χ2n) is 9.98. The van der Waals surface area contributed by atoms with E-state index in [1.54, 1.807) is 54.6 Å². The Morgan fingerprint density at radius 1 is 1.07 bits per heavy atom. The summed E-state index contributed by atoms with van der Waals surface area (Å²) in [6, 6.07) is 23.3. The third-order valence-electron chi connectivity index (χ3n) is 7.22. The van der Waals surface area contributed by atoms with Gasteiger partial charge in [-0.05, 0) is 60.0 Å². The largest absolute Gasteiger partial charge is 0.397 e. The molecule has 9 nitrogen and oxygen atoms in total. The maximum absolute atomic E-state index is 13.4. The summed E-state index contributed by atoms with van der Waals surface area (Å²) in [5, 5.41) is 18.2. The molecule has 0 aromatic heterocycles. The Bertz CT molecular complexity index is 1410. The number of hydrogen-bond acceptors (Lipinski definition) is 7. The highest BCUT2D eigenvalue weighted by atomic mass is 16.5. The van der Waals surface area contributed by atoms with Gasteiger partial charge in [0.2, 0.25) is 11.8 Å². The number of hydrogen-bond donors (Lipinski definition) is 4. The van der Waals surface area contributed by atoms with Crippen LogP contribution in [0, 0.1) is 11.3 Å². The van der Waals surface area contributed by atoms with E-state index in [-0.39, 0.29) is 11.8 Å². The van der Waals surface area contributed by atoms with Gasteiger partial charge in [0.25, 0.3) is 0 Å². The Kier molecular flexibility index (Phi) is 8.52. The van der Waals surface area contributed by atoms with Crippen LogP contribution in [-0.2, 0) is 14.3 Å². The normalized spacial score (nSPS) is 18.9. The summed E-state index contributed by atoms with van der Waals surface area (Å²) in [5.41, 5.74) is 9.72. The quantitative estimate of drug-likeness (QED) is 0.230. The summed E-state index contributed by atoms with van der Waals surface area (Å²) in [6.07, 6.45) is 4.56. The van der Waals surface area contributed by atoms with Crippen molar-refractivity contribution < 1.29 is 14.3 Å². The Morgan fingerprint density at radius 3 is 2.52 bits per heavy atom. The predicted octanol–water partition coefficient (Wildman–Crippen LogP) is 3.53. The van der Waals surface area contributed by atoms with Crippen LogP contribution in [0.5, 0.6) is 0 Å². The zero-order valence-electron chi connectivity index (χ0n) is 22.0. The molecule has 5 N–H and O–H groups in total. The van der Waals surface area contributed by atoms with Crippen molar-refractivity contribution in [2.45, 2.75) is 24.6 Å². The van der Waals surface area contributed by atoms with Gasteiger partial charge >= 0.3 is 0 Å². The fourth-order valence-electron chi connectivity index (χ4n) is 5.07. The zero-order valence-corrected chi connectivity index (χ0v) is 22.0. The van der Waals surface area contributed by atoms with Gasteiger partial charge in [-0.15, -0.1) is 0 Å². The van der Waals surface area contributed by atoms with Crippen molar-refractivity contribution in [2.75, 3.05) is 42.6 Å². The van der Waals surface area contributed by atoms with Crippen LogP contribution >= 0.6 is 0 Å². The van der Waals surface area contributed by atoms with Crippen LogP contribution in [-0.4, -0.2) is 55.1 Å². The summed E-state index contributed by atoms with van der Waals surface area (Å²) in [5.74, 6) is -0.483. The fraction of sp³-hybridized carbons (Fsp3) is 0.258. The van der Waals surface area contributed by atoms with Gasteiger partial charge in [-0.25, -0.2) is 0 Å². The molecule has 3 atom stereocenters. The number of nitrogen functional groups attached to an aromatic ring is 1. The molecular weight excluding hydrogens is 504 g/mol. The number of ether oxygens (including phenoxy) is 1. The molecule has 5 rings (SSSR count). The molecule has 9 heteroatoms. The smallest absolute Gasteiger partial charge is 0.248 e. The molecule has 40 heavy (non-hydrogen) atoms. The molecule has 2 amide bonds. The first kappa shape index (κ1) is 27.1. The predicted molar refractivity (Wildman–Crippen MR) is 155 cm³/mol. The minimum Gasteiger partial charge on any atom is -0.397 e. The Hall–Kier alpha value is -4.49. The maximum atomic E-state index is 13.4. The zero-order chi connectivity index (χ0) is 27.9. The molecule has 2 saturated heterocycles. The minimum atomic E-state index is -0.589. The average Bonchev–Trinajstić information content (AvgIpc) is 3.60. The first-order valence-corrected chi connectivity index (χ1v) is 13.3. The van der Waals surface area contributed by atoms with E-state index in [1.807, 2.05) is 24.3 Å². The molecule has 3 aromatic rings. The van der Waals surface area contributed by atoms with Crippen molar-refractivity contribution in [3.05, 3.63) is 95.6 Å². The number of nitrogens with two attached hydrogens (primary N) is 1. The first-order valence-electron chi connectivity index (χ1n) is 13.3. The molecule has 2 fully saturated rings. The topological polar surface area (TPSA) is 133 Å². The van der Waals surface area contributed by atoms with Crippen molar-refractivity contribution in [1.29, 1.82) is 5.26 Å². The number of nitrogens with one attached hydrogen (secondary N) is 3. The van der Waals surface area contributed by atoms with Crippen LogP contribution in [0.1, 0.15) is 29.2 Å². The van der Waals surface area contributed by atoms with Gasteiger partial charge in [-0.3, -0.25) is 14.5 Å². The summed E-state index contributed by atoms with van der Waals surface area (Å²) in [4.78, 5) is 28.1. The van der Waals surface area contributed by atoms with E-state index in [9.17, 15) is 9.59 Å². The van der Waals surface area contributed by atoms with E-state index in [0.717, 1.165) is 37.2 Å². The average molecular weight is 537 g/mol. The van der Waals surface area contributed by atoms with Crippen molar-refractivity contribution in [2.24, 2.45) is 0 Å². The SMILES string of the molecule is N#Cc1ccc(NC(=O)[C@@H](NCCN2CC3CC2CO3)c2ccc(C=CC(=O)Nc3ccccc3N)cc2)cc1. The van der Waals surface area contributed by atoms with Gasteiger partial charge < -0.3 is 26.4 Å². The number of anilines is 3. The molecular formula is C31H32N6O3. The molecule has 3 aromatic carbocycles. The summed E-state index contributed by atoms with van der Waals surface area (Å²) in [6.45, 7) is 3.17. The number of rotatable bonds is 10. The number of nitriles is 1. The molecule has 0 radical (unpaired) electrons. The van der Waals surface area contributed by atoms with Crippen LogP contribution in [0.2, 0.25) is 0 Å². The molecule has 0 spiro atoms. The number of benzene rings is 3. The Balaban J connectivity index is 1.24. The Labute approximate surface area is 233 Å². The lowest BCUT2D eigenvalue weighted by molar-refractivity contribution is -0.118. The standard InChI is InChI=1S/C31H32N6O3/c32-18-22-7-12-24(13-8-22)35-31(39)30(34-15-16-37-19-26-17-25(37)20-40-26)23-10-5-21(6-11-23)9-14-29(38)36-28-4-2-1-3-27(28)33/h1-14,25-26,30,34H,15-17,19-20,33H2,(H,35,39)(H,36,38)/t25?,26?,30-/m0/s1. The number of carbonyl (C=O) groups is 2. The van der Waals surface area contributed by atoms with E-state index >= 15 is 0 Å². The summed E-state index contributed by atoms with van der Waals surface area (Å²) < 4.78 is 5.70. The van der Waals surface area contributed by atoms with Gasteiger partial charge in [-0.2, -0.15) is 5.26 Å². The molecule has 2 unspecified atom stereocenters. The molecule has 2 aliphatic heterocycles. The van der Waals surface area contributed by atoms with Crippen molar-refractivity contribution in [1.82, 2.24) is 10.2 Å². The first-order chi connectivity index (χ1) is 19.5.